The van der Waals surface area contributed by atoms with Crippen LogP contribution in [0.2, 0.25) is 0 Å². The molecule has 2 aromatic rings. The number of ether oxygens (including phenoxy) is 2. The fourth-order valence-corrected chi connectivity index (χ4v) is 3.04. The van der Waals surface area contributed by atoms with Crippen molar-refractivity contribution in [3.63, 3.8) is 0 Å². The topological polar surface area (TPSA) is 76.7 Å². The van der Waals surface area contributed by atoms with E-state index in [1.54, 1.807) is 44.6 Å². The highest BCUT2D eigenvalue weighted by molar-refractivity contribution is 5.92. The van der Waals surface area contributed by atoms with Crippen LogP contribution in [-0.4, -0.2) is 26.0 Å². The number of hydrogen-bond acceptors (Lipinski definition) is 4. The molecule has 7 heteroatoms. The first-order valence-corrected chi connectivity index (χ1v) is 9.03. The Labute approximate surface area is 163 Å². The van der Waals surface area contributed by atoms with Crippen LogP contribution in [0.5, 0.6) is 11.5 Å². The fraction of sp³-hybridized carbons (Fsp3) is 0.333. The molecule has 148 valence electrons. The number of methoxy groups -OCH3 is 2. The van der Waals surface area contributed by atoms with Crippen molar-refractivity contribution in [1.82, 2.24) is 10.6 Å². The van der Waals surface area contributed by atoms with Gasteiger partial charge in [0.15, 0.2) is 11.5 Å². The SMILES string of the molecule is COc1ccc(CNC(=O)C2CC2C(=O)NCc2ccccc2F)cc1OC. The summed E-state index contributed by atoms with van der Waals surface area (Å²) in [6.45, 7) is 0.446. The molecule has 0 heterocycles. The molecule has 0 aliphatic heterocycles. The average molecular weight is 386 g/mol. The van der Waals surface area contributed by atoms with Gasteiger partial charge < -0.3 is 20.1 Å². The molecule has 1 fully saturated rings. The minimum absolute atomic E-state index is 0.113. The molecule has 1 aliphatic carbocycles. The first kappa shape index (κ1) is 19.7. The Kier molecular flexibility index (Phi) is 6.13. The Bertz CT molecular complexity index is 871. The third-order valence-electron chi connectivity index (χ3n) is 4.79. The lowest BCUT2D eigenvalue weighted by molar-refractivity contribution is -0.127. The van der Waals surface area contributed by atoms with Crippen molar-refractivity contribution in [2.45, 2.75) is 19.5 Å². The lowest BCUT2D eigenvalue weighted by atomic mass is 10.2. The predicted molar refractivity (Wildman–Crippen MR) is 101 cm³/mol. The maximum atomic E-state index is 13.6. The largest absolute Gasteiger partial charge is 0.493 e. The van der Waals surface area contributed by atoms with Crippen molar-refractivity contribution in [3.05, 3.63) is 59.4 Å². The summed E-state index contributed by atoms with van der Waals surface area (Å²) in [5, 5.41) is 5.54. The number of amides is 2. The molecule has 0 spiro atoms. The first-order valence-electron chi connectivity index (χ1n) is 9.03. The number of hydrogen-bond donors (Lipinski definition) is 2. The van der Waals surface area contributed by atoms with Gasteiger partial charge in [0.25, 0.3) is 0 Å². The van der Waals surface area contributed by atoms with Crippen LogP contribution in [0.1, 0.15) is 17.5 Å². The monoisotopic (exact) mass is 386 g/mol. The van der Waals surface area contributed by atoms with E-state index in [1.165, 1.54) is 6.07 Å². The highest BCUT2D eigenvalue weighted by atomic mass is 19.1. The number of carbonyl (C=O) groups excluding carboxylic acids is 2. The second-order valence-electron chi connectivity index (χ2n) is 6.67. The second kappa shape index (κ2) is 8.73. The van der Waals surface area contributed by atoms with Gasteiger partial charge in [-0.2, -0.15) is 0 Å². The molecular formula is C21H23FN2O4. The fourth-order valence-electron chi connectivity index (χ4n) is 3.04. The standard InChI is InChI=1S/C21H23FN2O4/c1-27-18-8-7-13(9-19(18)28-2)11-23-20(25)15-10-16(15)21(26)24-12-14-5-3-4-6-17(14)22/h3-9,15-16H,10-12H2,1-2H3,(H,23,25)(H,24,26). The minimum Gasteiger partial charge on any atom is -0.493 e. The zero-order chi connectivity index (χ0) is 20.1. The molecule has 0 saturated heterocycles. The van der Waals surface area contributed by atoms with Gasteiger partial charge in [0.05, 0.1) is 26.1 Å². The van der Waals surface area contributed by atoms with Gasteiger partial charge in [0.1, 0.15) is 5.82 Å². The Morgan fingerprint density at radius 1 is 0.964 bits per heavy atom. The van der Waals surface area contributed by atoms with Crippen LogP contribution in [0.3, 0.4) is 0 Å². The van der Waals surface area contributed by atoms with E-state index in [9.17, 15) is 14.0 Å². The molecule has 1 saturated carbocycles. The number of benzene rings is 2. The smallest absolute Gasteiger partial charge is 0.224 e. The number of carbonyl (C=O) groups is 2. The molecule has 6 nitrogen and oxygen atoms in total. The molecule has 2 unspecified atom stereocenters. The van der Waals surface area contributed by atoms with Crippen molar-refractivity contribution in [1.29, 1.82) is 0 Å². The van der Waals surface area contributed by atoms with Crippen LogP contribution in [0.25, 0.3) is 0 Å². The van der Waals surface area contributed by atoms with Crippen LogP contribution in [0.15, 0.2) is 42.5 Å². The molecule has 2 atom stereocenters. The van der Waals surface area contributed by atoms with Gasteiger partial charge in [0, 0.05) is 18.7 Å². The van der Waals surface area contributed by atoms with Gasteiger partial charge in [-0.15, -0.1) is 0 Å². The molecule has 2 aromatic carbocycles. The van der Waals surface area contributed by atoms with E-state index in [2.05, 4.69) is 10.6 Å². The Balaban J connectivity index is 1.46. The number of rotatable bonds is 8. The summed E-state index contributed by atoms with van der Waals surface area (Å²) in [4.78, 5) is 24.5. The van der Waals surface area contributed by atoms with E-state index in [0.717, 1.165) is 5.56 Å². The van der Waals surface area contributed by atoms with Gasteiger partial charge in [-0.3, -0.25) is 9.59 Å². The van der Waals surface area contributed by atoms with E-state index in [4.69, 9.17) is 9.47 Å². The lowest BCUT2D eigenvalue weighted by Gasteiger charge is -2.10. The van der Waals surface area contributed by atoms with Crippen LogP contribution in [0, 0.1) is 17.7 Å². The van der Waals surface area contributed by atoms with E-state index in [1.807, 2.05) is 6.07 Å². The second-order valence-corrected chi connectivity index (χ2v) is 6.67. The molecule has 2 amide bonds. The van der Waals surface area contributed by atoms with Gasteiger partial charge >= 0.3 is 0 Å². The first-order chi connectivity index (χ1) is 13.5. The summed E-state index contributed by atoms with van der Waals surface area (Å²) >= 11 is 0. The quantitative estimate of drug-likeness (QED) is 0.731. The molecule has 0 radical (unpaired) electrons. The van der Waals surface area contributed by atoms with Gasteiger partial charge in [-0.05, 0) is 30.2 Å². The maximum Gasteiger partial charge on any atom is 0.224 e. The highest BCUT2D eigenvalue weighted by Gasteiger charge is 2.47. The van der Waals surface area contributed by atoms with Gasteiger partial charge in [0.2, 0.25) is 11.8 Å². The van der Waals surface area contributed by atoms with Crippen molar-refractivity contribution in [2.24, 2.45) is 11.8 Å². The summed E-state index contributed by atoms with van der Waals surface area (Å²) < 4.78 is 24.0. The molecule has 28 heavy (non-hydrogen) atoms. The van der Waals surface area contributed by atoms with Crippen molar-refractivity contribution in [2.75, 3.05) is 14.2 Å². The average Bonchev–Trinajstić information content (AvgIpc) is 3.52. The Morgan fingerprint density at radius 3 is 2.25 bits per heavy atom. The van der Waals surface area contributed by atoms with Crippen LogP contribution >= 0.6 is 0 Å². The van der Waals surface area contributed by atoms with E-state index >= 15 is 0 Å². The van der Waals surface area contributed by atoms with Crippen molar-refractivity contribution >= 4 is 11.8 Å². The molecule has 0 bridgehead atoms. The molecule has 3 rings (SSSR count). The third kappa shape index (κ3) is 4.60. The summed E-state index contributed by atoms with van der Waals surface area (Å²) in [7, 11) is 3.11. The zero-order valence-corrected chi connectivity index (χ0v) is 15.8. The summed E-state index contributed by atoms with van der Waals surface area (Å²) in [6, 6.07) is 11.7. The van der Waals surface area contributed by atoms with E-state index in [-0.39, 0.29) is 36.0 Å². The maximum absolute atomic E-state index is 13.6. The molecule has 0 aromatic heterocycles. The molecule has 1 aliphatic rings. The lowest BCUT2D eigenvalue weighted by Crippen LogP contribution is -2.30. The highest BCUT2D eigenvalue weighted by Crippen LogP contribution is 2.39. The van der Waals surface area contributed by atoms with Crippen molar-refractivity contribution in [3.8, 4) is 11.5 Å². The molecular weight excluding hydrogens is 363 g/mol. The van der Waals surface area contributed by atoms with Crippen molar-refractivity contribution < 1.29 is 23.5 Å². The van der Waals surface area contributed by atoms with E-state index < -0.39 is 0 Å². The van der Waals surface area contributed by atoms with Crippen LogP contribution in [-0.2, 0) is 22.7 Å². The van der Waals surface area contributed by atoms with E-state index in [0.29, 0.717) is 30.0 Å². The summed E-state index contributed by atoms with van der Waals surface area (Å²) in [5.41, 5.74) is 1.29. The number of nitrogens with one attached hydrogen (secondary N) is 2. The van der Waals surface area contributed by atoms with Crippen LogP contribution in [0.4, 0.5) is 4.39 Å². The van der Waals surface area contributed by atoms with Gasteiger partial charge in [-0.25, -0.2) is 4.39 Å². The van der Waals surface area contributed by atoms with Crippen LogP contribution < -0.4 is 20.1 Å². The third-order valence-corrected chi connectivity index (χ3v) is 4.79. The van der Waals surface area contributed by atoms with Gasteiger partial charge in [-0.1, -0.05) is 24.3 Å². The number of halogens is 1. The molecule has 2 N–H and O–H groups in total. The minimum atomic E-state index is -0.364. The Hall–Kier alpha value is -3.09. The summed E-state index contributed by atoms with van der Waals surface area (Å²) in [6.07, 6.45) is 0.501. The predicted octanol–water partition coefficient (Wildman–Crippen LogP) is 2.41. The summed E-state index contributed by atoms with van der Waals surface area (Å²) in [5.74, 6) is -0.256. The Morgan fingerprint density at radius 2 is 1.61 bits per heavy atom. The zero-order valence-electron chi connectivity index (χ0n) is 15.8. The normalized spacial score (nSPS) is 17.5.